The second-order valence-electron chi connectivity index (χ2n) is 12.9. The van der Waals surface area contributed by atoms with E-state index in [1.165, 1.54) is 32.9 Å². The number of aromatic nitrogens is 4. The van der Waals surface area contributed by atoms with Gasteiger partial charge in [0.1, 0.15) is 36.3 Å². The Morgan fingerprint density at radius 3 is 2.22 bits per heavy atom. The van der Waals surface area contributed by atoms with Gasteiger partial charge in [0, 0.05) is 37.6 Å². The summed E-state index contributed by atoms with van der Waals surface area (Å²) in [6.45, 7) is 1.90. The van der Waals surface area contributed by atoms with Crippen LogP contribution < -0.4 is 16.4 Å². The molecule has 12 N–H and O–H groups in total. The first kappa shape index (κ1) is 49.7. The first-order valence-corrected chi connectivity index (χ1v) is 22.3. The molecule has 1 aliphatic heterocycles. The Morgan fingerprint density at radius 1 is 1.00 bits per heavy atom. The first-order chi connectivity index (χ1) is 27.3. The van der Waals surface area contributed by atoms with Gasteiger partial charge in [-0.3, -0.25) is 32.5 Å². The van der Waals surface area contributed by atoms with Gasteiger partial charge in [-0.25, -0.2) is 28.6 Å². The number of phenols is 2. The fourth-order valence-electron chi connectivity index (χ4n) is 4.79. The van der Waals surface area contributed by atoms with Crippen LogP contribution in [-0.4, -0.2) is 133 Å². The highest BCUT2D eigenvalue weighted by molar-refractivity contribution is 8.13. The summed E-state index contributed by atoms with van der Waals surface area (Å²) in [5.41, 5.74) is 4.26. The van der Waals surface area contributed by atoms with Crippen LogP contribution in [0.2, 0.25) is 0 Å². The van der Waals surface area contributed by atoms with E-state index >= 15 is 0 Å². The summed E-state index contributed by atoms with van der Waals surface area (Å²) in [6, 6.07) is 6.15. The monoisotopic (exact) mass is 919 g/mol. The number of fused-ring (bicyclic) bond motifs is 1. The lowest BCUT2D eigenvalue weighted by atomic mass is 9.87. The Morgan fingerprint density at radius 2 is 1.63 bits per heavy atom. The van der Waals surface area contributed by atoms with Crippen molar-refractivity contribution in [1.29, 1.82) is 0 Å². The maximum Gasteiger partial charge on any atom is 0.481 e. The standard InChI is InChI=1S/C23H38N7O17P3S.C6H6O2/c1-12(31)51-7-6-25-14(32)4-5-26-21(35)18(34)23(2,3)9-44-50(41,42)47-49(39,40)43-8-13-17(46-48(36,37)38)16(33)22(45-13)30-11-29-15-19(24)27-10-28-20(15)30;7-5-3-1-2-4-6(5)8/h10-11,13,16-18,22,33-34H,4-9H2,1-3H3,(H,25,32)(H,26,35)(H,39,40)(H,41,42)(H2,24,27,28)(H2,36,37,38);1-4,7-8H/t13-,16-,17-,18?,22-;/m1./s1. The molecule has 0 saturated carbocycles. The molecule has 3 unspecified atom stereocenters. The molecule has 2 aromatic heterocycles. The van der Waals surface area contributed by atoms with Crippen molar-refractivity contribution in [3.63, 3.8) is 0 Å². The highest BCUT2D eigenvalue weighted by Gasteiger charge is 2.50. The highest BCUT2D eigenvalue weighted by Crippen LogP contribution is 2.61. The van der Waals surface area contributed by atoms with Crippen LogP contribution in [0.4, 0.5) is 5.82 Å². The molecule has 1 saturated heterocycles. The Hall–Kier alpha value is -3.62. The van der Waals surface area contributed by atoms with Crippen molar-refractivity contribution in [3.8, 4) is 11.5 Å². The summed E-state index contributed by atoms with van der Waals surface area (Å²) >= 11 is 1.03. The smallest absolute Gasteiger partial charge is 0.481 e. The normalized spacial score (nSPS) is 20.8. The molecule has 0 aliphatic carbocycles. The molecule has 59 heavy (non-hydrogen) atoms. The number of nitrogens with two attached hydrogens (primary N) is 1. The zero-order valence-corrected chi connectivity index (χ0v) is 34.8. The summed E-state index contributed by atoms with van der Waals surface area (Å²) in [4.78, 5) is 85.9. The number of phenolic OH excluding ortho intramolecular Hbond substituents is 2. The van der Waals surface area contributed by atoms with Gasteiger partial charge in [0.05, 0.1) is 19.5 Å². The van der Waals surface area contributed by atoms with Crippen LogP contribution in [0.3, 0.4) is 0 Å². The molecular formula is C29H44N7O19P3S. The number of para-hydroxylation sites is 2. The number of hydrogen-bond acceptors (Lipinski definition) is 20. The van der Waals surface area contributed by atoms with E-state index < -0.39 is 84.6 Å². The summed E-state index contributed by atoms with van der Waals surface area (Å²) in [7, 11) is -16.4. The van der Waals surface area contributed by atoms with E-state index in [0.717, 1.165) is 29.0 Å². The van der Waals surface area contributed by atoms with Crippen LogP contribution >= 0.6 is 35.2 Å². The summed E-state index contributed by atoms with van der Waals surface area (Å²) < 4.78 is 61.8. The van der Waals surface area contributed by atoms with Gasteiger partial charge in [-0.2, -0.15) is 4.31 Å². The number of phosphoric ester groups is 3. The molecule has 1 aromatic carbocycles. The van der Waals surface area contributed by atoms with Crippen LogP contribution in [-0.2, 0) is 50.7 Å². The number of phosphoric acid groups is 3. The number of nitrogen functional groups attached to an aromatic ring is 1. The van der Waals surface area contributed by atoms with Gasteiger partial charge in [-0.1, -0.05) is 37.7 Å². The number of imidazole rings is 1. The number of amides is 2. The molecule has 7 atom stereocenters. The predicted octanol–water partition coefficient (Wildman–Crippen LogP) is -0.218. The zero-order chi connectivity index (χ0) is 44.3. The van der Waals surface area contributed by atoms with Gasteiger partial charge in [0.25, 0.3) is 0 Å². The molecule has 1 aliphatic rings. The van der Waals surface area contributed by atoms with E-state index in [2.05, 4.69) is 34.4 Å². The number of benzene rings is 1. The van der Waals surface area contributed by atoms with Gasteiger partial charge in [-0.05, 0) is 12.1 Å². The molecule has 0 spiro atoms. The molecule has 330 valence electrons. The van der Waals surface area contributed by atoms with E-state index in [1.807, 2.05) is 0 Å². The molecule has 26 nitrogen and oxygen atoms in total. The van der Waals surface area contributed by atoms with E-state index in [1.54, 1.807) is 12.1 Å². The molecule has 3 aromatic rings. The predicted molar refractivity (Wildman–Crippen MR) is 203 cm³/mol. The van der Waals surface area contributed by atoms with E-state index in [9.17, 15) is 57.9 Å². The van der Waals surface area contributed by atoms with Gasteiger partial charge in [-0.15, -0.1) is 0 Å². The summed E-state index contributed by atoms with van der Waals surface area (Å²) in [5, 5.41) is 43.4. The average molecular weight is 920 g/mol. The number of anilines is 1. The Bertz CT molecular complexity index is 2050. The minimum atomic E-state index is -5.56. The number of nitrogens with zero attached hydrogens (tertiary/aromatic N) is 4. The van der Waals surface area contributed by atoms with E-state index in [0.29, 0.717) is 5.75 Å². The Kier molecular flexibility index (Phi) is 17.9. The average Bonchev–Trinajstić information content (AvgIpc) is 3.69. The molecule has 4 rings (SSSR count). The number of aliphatic hydroxyl groups excluding tert-OH is 2. The van der Waals surface area contributed by atoms with Crippen molar-refractivity contribution in [2.75, 3.05) is 37.8 Å². The van der Waals surface area contributed by atoms with Crippen molar-refractivity contribution in [1.82, 2.24) is 30.2 Å². The Balaban J connectivity index is 0.00000103. The van der Waals surface area contributed by atoms with Gasteiger partial charge >= 0.3 is 23.5 Å². The third kappa shape index (κ3) is 15.7. The minimum absolute atomic E-state index is 0.0310. The van der Waals surface area contributed by atoms with Crippen molar-refractivity contribution in [3.05, 3.63) is 36.9 Å². The maximum absolute atomic E-state index is 12.6. The van der Waals surface area contributed by atoms with Crippen LogP contribution in [0.25, 0.3) is 11.2 Å². The molecular weight excluding hydrogens is 875 g/mol. The number of carbonyl (C=O) groups excluding carboxylic acids is 3. The molecule has 1 fully saturated rings. The number of nitrogens with one attached hydrogen (secondary N) is 2. The second kappa shape index (κ2) is 21.3. The van der Waals surface area contributed by atoms with Crippen LogP contribution in [0.15, 0.2) is 36.9 Å². The SMILES string of the molecule is CC(=O)SCCNC(=O)CCNC(=O)C(O)C(C)(C)COP(=O)(O)OP(=O)(O)OC[C@H]1O[C@@H](n2cnc3c(N)ncnc32)[C@H](O)[C@@H]1OP(=O)(O)O.Oc1ccccc1O. The fourth-order valence-corrected chi connectivity index (χ4v) is 8.11. The number of ether oxygens (including phenoxy) is 1. The second-order valence-corrected chi connectivity index (χ2v) is 18.4. The zero-order valence-electron chi connectivity index (χ0n) is 31.3. The van der Waals surface area contributed by atoms with E-state index in [-0.39, 0.29) is 53.1 Å². The van der Waals surface area contributed by atoms with E-state index in [4.69, 9.17) is 29.7 Å². The van der Waals surface area contributed by atoms with Crippen LogP contribution in [0.5, 0.6) is 11.5 Å². The quantitative estimate of drug-likeness (QED) is 0.0421. The lowest BCUT2D eigenvalue weighted by Gasteiger charge is -2.30. The molecule has 2 amide bonds. The molecule has 30 heteroatoms. The third-order valence-electron chi connectivity index (χ3n) is 7.69. The van der Waals surface area contributed by atoms with Gasteiger partial charge in [0.15, 0.2) is 34.3 Å². The maximum atomic E-state index is 12.6. The number of aromatic hydroxyl groups is 2. The largest absolute Gasteiger partial charge is 0.504 e. The van der Waals surface area contributed by atoms with Crippen molar-refractivity contribution < 1.29 is 90.7 Å². The summed E-state index contributed by atoms with van der Waals surface area (Å²) in [6.07, 6.45) is -6.88. The minimum Gasteiger partial charge on any atom is -0.504 e. The lowest BCUT2D eigenvalue weighted by Crippen LogP contribution is -2.46. The molecule has 3 heterocycles. The first-order valence-electron chi connectivity index (χ1n) is 16.8. The highest BCUT2D eigenvalue weighted by atomic mass is 32.2. The lowest BCUT2D eigenvalue weighted by molar-refractivity contribution is -0.137. The number of carbonyl (C=O) groups is 3. The molecule has 0 radical (unpaired) electrons. The fraction of sp³-hybridized carbons (Fsp3) is 0.517. The van der Waals surface area contributed by atoms with Crippen LogP contribution in [0, 0.1) is 5.41 Å². The summed E-state index contributed by atoms with van der Waals surface area (Å²) in [5.74, 6) is -1.24. The Labute approximate surface area is 338 Å². The number of thioether (sulfide) groups is 1. The van der Waals surface area contributed by atoms with Crippen molar-refractivity contribution in [2.45, 2.75) is 57.8 Å². The number of rotatable bonds is 19. The third-order valence-corrected chi connectivity index (χ3v) is 11.6. The number of hydrogen-bond donors (Lipinski definition) is 11. The van der Waals surface area contributed by atoms with Crippen LogP contribution in [0.1, 0.15) is 33.4 Å². The molecule has 0 bridgehead atoms. The van der Waals surface area contributed by atoms with Crippen molar-refractivity contribution in [2.24, 2.45) is 5.41 Å². The topological polar surface area (TPSA) is 404 Å². The number of aliphatic hydroxyl groups is 2. The van der Waals surface area contributed by atoms with Crippen molar-refractivity contribution >= 4 is 69.1 Å². The van der Waals surface area contributed by atoms with Gasteiger partial charge in [0.2, 0.25) is 11.8 Å². The van der Waals surface area contributed by atoms with Gasteiger partial charge < -0.3 is 61.1 Å².